The second kappa shape index (κ2) is 8.64. The summed E-state index contributed by atoms with van der Waals surface area (Å²) < 4.78 is 0. The fourth-order valence-corrected chi connectivity index (χ4v) is 4.09. The number of hydrogen-bond acceptors (Lipinski definition) is 4. The second-order valence-corrected chi connectivity index (χ2v) is 7.70. The Morgan fingerprint density at radius 3 is 2.10 bits per heavy atom. The molecule has 1 aromatic carbocycles. The van der Waals surface area contributed by atoms with Gasteiger partial charge in [-0.2, -0.15) is 0 Å². The van der Waals surface area contributed by atoms with Crippen LogP contribution >= 0.6 is 0 Å². The van der Waals surface area contributed by atoms with Crippen LogP contribution in [0.4, 0.5) is 5.82 Å². The molecule has 2 saturated heterocycles. The molecule has 0 unspecified atom stereocenters. The van der Waals surface area contributed by atoms with E-state index in [2.05, 4.69) is 16.8 Å². The van der Waals surface area contributed by atoms with E-state index in [1.165, 1.54) is 5.56 Å². The Balaban J connectivity index is 1.40. The zero-order valence-electron chi connectivity index (χ0n) is 17.0. The number of aryl methyl sites for hydroxylation is 1. The van der Waals surface area contributed by atoms with E-state index in [0.29, 0.717) is 37.3 Å². The third kappa shape index (κ3) is 4.11. The van der Waals surface area contributed by atoms with Crippen molar-refractivity contribution in [3.8, 4) is 0 Å². The van der Waals surface area contributed by atoms with E-state index >= 15 is 0 Å². The van der Waals surface area contributed by atoms with Crippen molar-refractivity contribution in [2.24, 2.45) is 0 Å². The minimum Gasteiger partial charge on any atom is -0.356 e. The maximum atomic E-state index is 13.2. The fraction of sp³-hybridized carbons (Fsp3) is 0.435. The number of rotatable bonds is 4. The summed E-state index contributed by atoms with van der Waals surface area (Å²) in [6, 6.07) is 11.5. The summed E-state index contributed by atoms with van der Waals surface area (Å²) >= 11 is 0. The molecule has 2 aliphatic heterocycles. The molecule has 0 atom stereocenters. The van der Waals surface area contributed by atoms with Crippen LogP contribution in [0.25, 0.3) is 0 Å². The van der Waals surface area contributed by atoms with Gasteiger partial charge in [-0.25, -0.2) is 4.98 Å². The molecule has 2 amide bonds. The smallest absolute Gasteiger partial charge is 0.257 e. The van der Waals surface area contributed by atoms with Gasteiger partial charge in [-0.15, -0.1) is 0 Å². The highest BCUT2D eigenvalue weighted by Crippen LogP contribution is 2.23. The lowest BCUT2D eigenvalue weighted by atomic mass is 10.1. The predicted molar refractivity (Wildman–Crippen MR) is 113 cm³/mol. The molecule has 29 heavy (non-hydrogen) atoms. The number of carbonyl (C=O) groups excluding carboxylic acids is 2. The molecule has 1 aromatic heterocycles. The fourth-order valence-electron chi connectivity index (χ4n) is 4.09. The average Bonchev–Trinajstić information content (AvgIpc) is 3.33. The van der Waals surface area contributed by atoms with Gasteiger partial charge in [-0.3, -0.25) is 9.59 Å². The first-order valence-electron chi connectivity index (χ1n) is 10.5. The molecule has 0 aliphatic carbocycles. The van der Waals surface area contributed by atoms with E-state index in [4.69, 9.17) is 0 Å². The number of amides is 2. The number of anilines is 1. The number of aromatic nitrogens is 1. The first-order chi connectivity index (χ1) is 14.2. The molecule has 0 bridgehead atoms. The van der Waals surface area contributed by atoms with E-state index in [-0.39, 0.29) is 11.8 Å². The number of benzene rings is 1. The van der Waals surface area contributed by atoms with Gasteiger partial charge in [0.2, 0.25) is 0 Å². The molecule has 2 aromatic rings. The lowest BCUT2D eigenvalue weighted by Gasteiger charge is -2.35. The molecular weight excluding hydrogens is 364 g/mol. The Morgan fingerprint density at radius 2 is 1.48 bits per heavy atom. The highest BCUT2D eigenvalue weighted by molar-refractivity contribution is 5.99. The number of hydrogen-bond donors (Lipinski definition) is 0. The molecule has 0 saturated carbocycles. The molecule has 152 valence electrons. The summed E-state index contributed by atoms with van der Waals surface area (Å²) in [5.74, 6) is 0.850. The molecule has 0 spiro atoms. The van der Waals surface area contributed by atoms with Gasteiger partial charge in [-0.1, -0.05) is 19.1 Å². The number of nitrogens with zero attached hydrogens (tertiary/aromatic N) is 4. The minimum atomic E-state index is 0.0133. The molecule has 0 N–H and O–H groups in total. The van der Waals surface area contributed by atoms with E-state index in [9.17, 15) is 9.59 Å². The third-order valence-corrected chi connectivity index (χ3v) is 5.89. The molecule has 4 rings (SSSR count). The van der Waals surface area contributed by atoms with Crippen molar-refractivity contribution in [3.63, 3.8) is 0 Å². The molecular formula is C23H28N4O2. The van der Waals surface area contributed by atoms with Crippen LogP contribution in [0, 0.1) is 0 Å². The minimum absolute atomic E-state index is 0.0133. The standard InChI is InChI=1S/C23H28N4O2/c1-2-18-7-9-19(10-8-18)22(28)26-14-16-27(17-15-26)23(29)20-6-5-11-24-21(20)25-12-3-4-13-25/h5-11H,2-4,12-17H2,1H3. The molecule has 2 aliphatic rings. The molecule has 3 heterocycles. The zero-order chi connectivity index (χ0) is 20.2. The lowest BCUT2D eigenvalue weighted by Crippen LogP contribution is -2.50. The largest absolute Gasteiger partial charge is 0.356 e. The van der Waals surface area contributed by atoms with Gasteiger partial charge in [0.25, 0.3) is 11.8 Å². The molecule has 2 fully saturated rings. The van der Waals surface area contributed by atoms with Crippen molar-refractivity contribution in [1.29, 1.82) is 0 Å². The summed E-state index contributed by atoms with van der Waals surface area (Å²) in [7, 11) is 0. The van der Waals surface area contributed by atoms with Gasteiger partial charge in [0, 0.05) is 51.0 Å². The quantitative estimate of drug-likeness (QED) is 0.803. The van der Waals surface area contributed by atoms with E-state index in [1.54, 1.807) is 6.20 Å². The van der Waals surface area contributed by atoms with E-state index < -0.39 is 0 Å². The summed E-state index contributed by atoms with van der Waals surface area (Å²) in [6.45, 7) is 6.22. The van der Waals surface area contributed by atoms with Crippen LogP contribution in [0.2, 0.25) is 0 Å². The summed E-state index contributed by atoms with van der Waals surface area (Å²) in [5.41, 5.74) is 2.61. The van der Waals surface area contributed by atoms with Gasteiger partial charge < -0.3 is 14.7 Å². The average molecular weight is 393 g/mol. The Hall–Kier alpha value is -2.89. The monoisotopic (exact) mass is 392 g/mol. The Morgan fingerprint density at radius 1 is 0.862 bits per heavy atom. The van der Waals surface area contributed by atoms with Crippen LogP contribution in [-0.4, -0.2) is 65.9 Å². The zero-order valence-corrected chi connectivity index (χ0v) is 17.0. The third-order valence-electron chi connectivity index (χ3n) is 5.89. The van der Waals surface area contributed by atoms with Crippen LogP contribution in [0.15, 0.2) is 42.6 Å². The van der Waals surface area contributed by atoms with Gasteiger partial charge >= 0.3 is 0 Å². The maximum Gasteiger partial charge on any atom is 0.257 e. The van der Waals surface area contributed by atoms with Crippen molar-refractivity contribution < 1.29 is 9.59 Å². The summed E-state index contributed by atoms with van der Waals surface area (Å²) in [6.07, 6.45) is 5.00. The Bertz CT molecular complexity index is 867. The van der Waals surface area contributed by atoms with Crippen molar-refractivity contribution in [2.45, 2.75) is 26.2 Å². The van der Waals surface area contributed by atoms with Gasteiger partial charge in [0.15, 0.2) is 0 Å². The second-order valence-electron chi connectivity index (χ2n) is 7.70. The summed E-state index contributed by atoms with van der Waals surface area (Å²) in [4.78, 5) is 36.3. The number of pyridine rings is 1. The normalized spacial score (nSPS) is 16.9. The molecule has 0 radical (unpaired) electrons. The van der Waals surface area contributed by atoms with Crippen molar-refractivity contribution in [2.75, 3.05) is 44.2 Å². The van der Waals surface area contributed by atoms with Gasteiger partial charge in [-0.05, 0) is 49.1 Å². The highest BCUT2D eigenvalue weighted by Gasteiger charge is 2.28. The van der Waals surface area contributed by atoms with Crippen LogP contribution < -0.4 is 4.90 Å². The van der Waals surface area contributed by atoms with Crippen molar-refractivity contribution in [3.05, 3.63) is 59.3 Å². The Labute approximate surface area is 172 Å². The Kier molecular flexibility index (Phi) is 5.79. The van der Waals surface area contributed by atoms with Crippen LogP contribution in [-0.2, 0) is 6.42 Å². The first-order valence-corrected chi connectivity index (χ1v) is 10.5. The van der Waals surface area contributed by atoms with Crippen molar-refractivity contribution >= 4 is 17.6 Å². The van der Waals surface area contributed by atoms with Crippen LogP contribution in [0.1, 0.15) is 46.0 Å². The predicted octanol–water partition coefficient (Wildman–Crippen LogP) is 2.84. The van der Waals surface area contributed by atoms with E-state index in [0.717, 1.165) is 38.2 Å². The molecule has 6 nitrogen and oxygen atoms in total. The molecule has 6 heteroatoms. The van der Waals surface area contributed by atoms with Crippen LogP contribution in [0.5, 0.6) is 0 Å². The SMILES string of the molecule is CCc1ccc(C(=O)N2CCN(C(=O)c3cccnc3N3CCCC3)CC2)cc1. The maximum absolute atomic E-state index is 13.2. The van der Waals surface area contributed by atoms with Crippen molar-refractivity contribution in [1.82, 2.24) is 14.8 Å². The topological polar surface area (TPSA) is 56.8 Å². The summed E-state index contributed by atoms with van der Waals surface area (Å²) in [5, 5.41) is 0. The highest BCUT2D eigenvalue weighted by atomic mass is 16.2. The van der Waals surface area contributed by atoms with Gasteiger partial charge in [0.1, 0.15) is 5.82 Å². The first kappa shape index (κ1) is 19.4. The number of carbonyl (C=O) groups is 2. The number of piperazine rings is 1. The van der Waals surface area contributed by atoms with Gasteiger partial charge in [0.05, 0.1) is 5.56 Å². The van der Waals surface area contributed by atoms with Crippen LogP contribution in [0.3, 0.4) is 0 Å². The van der Waals surface area contributed by atoms with E-state index in [1.807, 2.05) is 46.2 Å². The lowest BCUT2D eigenvalue weighted by molar-refractivity contribution is 0.0535.